The van der Waals surface area contributed by atoms with Crippen molar-refractivity contribution >= 4 is 40.4 Å². The zero-order valence-corrected chi connectivity index (χ0v) is 15.8. The van der Waals surface area contributed by atoms with Gasteiger partial charge < -0.3 is 10.0 Å². The number of carbonyl (C=O) groups is 1. The molecule has 1 aromatic carbocycles. The summed E-state index contributed by atoms with van der Waals surface area (Å²) in [5, 5.41) is 18.3. The number of hydrogen-bond acceptors (Lipinski definition) is 5. The van der Waals surface area contributed by atoms with Crippen LogP contribution in [0.2, 0.25) is 0 Å². The molecule has 138 valence electrons. The van der Waals surface area contributed by atoms with Crippen molar-refractivity contribution in [1.82, 2.24) is 4.57 Å². The SMILES string of the molecule is CCn1c(=O)c(=C=Cc2ccc(N3CCCC3)cc2)s/c1=C(/C#N)C(=O)O. The predicted octanol–water partition coefficient (Wildman–Crippen LogP) is 1.38. The average Bonchev–Trinajstić information content (AvgIpc) is 3.29. The molecule has 0 amide bonds. The zero-order chi connectivity index (χ0) is 19.4. The molecule has 0 saturated carbocycles. The normalized spacial score (nSPS) is 14.4. The van der Waals surface area contributed by atoms with Crippen LogP contribution in [0.5, 0.6) is 0 Å². The highest BCUT2D eigenvalue weighted by Crippen LogP contribution is 2.20. The number of aliphatic carboxylic acids is 1. The molecular formula is C20H19N3O3S. The third-order valence-corrected chi connectivity index (χ3v) is 5.59. The number of nitriles is 1. The predicted molar refractivity (Wildman–Crippen MR) is 106 cm³/mol. The van der Waals surface area contributed by atoms with Gasteiger partial charge in [0, 0.05) is 25.3 Å². The largest absolute Gasteiger partial charge is 0.477 e. The van der Waals surface area contributed by atoms with Gasteiger partial charge in [0.25, 0.3) is 5.56 Å². The molecule has 1 N–H and O–H groups in total. The minimum absolute atomic E-state index is 0.151. The van der Waals surface area contributed by atoms with Crippen LogP contribution < -0.4 is 19.7 Å². The van der Waals surface area contributed by atoms with Crippen LogP contribution in [-0.4, -0.2) is 28.7 Å². The van der Waals surface area contributed by atoms with Crippen molar-refractivity contribution in [3.63, 3.8) is 0 Å². The first-order valence-corrected chi connectivity index (χ1v) is 9.56. The number of benzene rings is 1. The van der Waals surface area contributed by atoms with Crippen molar-refractivity contribution in [1.29, 1.82) is 5.26 Å². The first-order valence-electron chi connectivity index (χ1n) is 8.74. The summed E-state index contributed by atoms with van der Waals surface area (Å²) in [6, 6.07) is 9.71. The Morgan fingerprint density at radius 1 is 1.30 bits per heavy atom. The van der Waals surface area contributed by atoms with Crippen LogP contribution in [-0.2, 0) is 11.3 Å². The Labute approximate surface area is 160 Å². The van der Waals surface area contributed by atoms with E-state index >= 15 is 0 Å². The molecule has 0 atom stereocenters. The molecule has 6 nitrogen and oxygen atoms in total. The molecule has 1 aliphatic heterocycles. The van der Waals surface area contributed by atoms with Crippen LogP contribution in [0.3, 0.4) is 0 Å². The Morgan fingerprint density at radius 3 is 2.52 bits per heavy atom. The molecule has 0 bridgehead atoms. The molecule has 1 aromatic heterocycles. The van der Waals surface area contributed by atoms with Crippen molar-refractivity contribution in [3.8, 4) is 6.07 Å². The highest BCUT2D eigenvalue weighted by atomic mass is 32.1. The van der Waals surface area contributed by atoms with Crippen molar-refractivity contribution in [2.45, 2.75) is 26.3 Å². The number of hydrogen-bond donors (Lipinski definition) is 1. The van der Waals surface area contributed by atoms with Gasteiger partial charge in [-0.15, -0.1) is 11.3 Å². The van der Waals surface area contributed by atoms with Gasteiger partial charge in [-0.1, -0.05) is 17.9 Å². The lowest BCUT2D eigenvalue weighted by Crippen LogP contribution is -2.31. The van der Waals surface area contributed by atoms with Crippen LogP contribution in [0.1, 0.15) is 25.3 Å². The maximum Gasteiger partial charge on any atom is 0.349 e. The van der Waals surface area contributed by atoms with E-state index in [0.717, 1.165) is 30.0 Å². The van der Waals surface area contributed by atoms with Crippen LogP contribution in [0.25, 0.3) is 17.4 Å². The Balaban J connectivity index is 2.05. The Hall–Kier alpha value is -3.07. The maximum absolute atomic E-state index is 12.5. The van der Waals surface area contributed by atoms with E-state index in [0.29, 0.717) is 0 Å². The minimum atomic E-state index is -1.34. The molecule has 2 aromatic rings. The number of thiazole rings is 1. The number of carboxylic acid groups (broad SMARTS) is 1. The molecule has 0 radical (unpaired) electrons. The molecule has 27 heavy (non-hydrogen) atoms. The molecule has 0 spiro atoms. The van der Waals surface area contributed by atoms with Gasteiger partial charge in [-0.25, -0.2) is 4.79 Å². The number of aromatic nitrogens is 1. The highest BCUT2D eigenvalue weighted by Gasteiger charge is 2.14. The van der Waals surface area contributed by atoms with Crippen molar-refractivity contribution in [3.05, 3.63) is 49.4 Å². The summed E-state index contributed by atoms with van der Waals surface area (Å²) in [4.78, 5) is 26.1. The van der Waals surface area contributed by atoms with E-state index in [1.807, 2.05) is 12.1 Å². The first-order chi connectivity index (χ1) is 13.0. The fourth-order valence-electron chi connectivity index (χ4n) is 3.07. The van der Waals surface area contributed by atoms with Crippen LogP contribution in [0.15, 0.2) is 29.1 Å². The fourth-order valence-corrected chi connectivity index (χ4v) is 4.13. The topological polar surface area (TPSA) is 86.3 Å². The highest BCUT2D eigenvalue weighted by molar-refractivity contribution is 7.07. The molecule has 0 unspecified atom stereocenters. The Bertz CT molecular complexity index is 1110. The lowest BCUT2D eigenvalue weighted by Gasteiger charge is -2.17. The summed E-state index contributed by atoms with van der Waals surface area (Å²) in [5.41, 5.74) is 4.28. The standard InChI is InChI=1S/C20H19N3O3S/c1-2-23-18(24)17(27-19(23)16(13-21)20(25)26)10-7-14-5-8-15(9-6-14)22-11-3-4-12-22/h5-9H,2-4,11-12H2,1H3,(H,25,26)/b19-16-. The van der Waals surface area contributed by atoms with Gasteiger partial charge in [0.2, 0.25) is 0 Å². The summed E-state index contributed by atoms with van der Waals surface area (Å²) >= 11 is 0.974. The smallest absolute Gasteiger partial charge is 0.349 e. The summed E-state index contributed by atoms with van der Waals surface area (Å²) in [5.74, 6) is -1.34. The van der Waals surface area contributed by atoms with E-state index in [-0.39, 0.29) is 21.3 Å². The van der Waals surface area contributed by atoms with E-state index in [4.69, 9.17) is 5.26 Å². The summed E-state index contributed by atoms with van der Waals surface area (Å²) in [6.07, 6.45) is 4.15. The van der Waals surface area contributed by atoms with E-state index in [2.05, 4.69) is 22.8 Å². The van der Waals surface area contributed by atoms with Gasteiger partial charge in [-0.3, -0.25) is 9.36 Å². The second kappa shape index (κ2) is 8.09. The summed E-state index contributed by atoms with van der Waals surface area (Å²) in [7, 11) is 0. The number of carboxylic acids is 1. The number of anilines is 1. The lowest BCUT2D eigenvalue weighted by molar-refractivity contribution is -0.130. The Morgan fingerprint density at radius 2 is 1.96 bits per heavy atom. The molecule has 2 heterocycles. The molecule has 1 saturated heterocycles. The molecule has 3 rings (SSSR count). The van der Waals surface area contributed by atoms with Crippen molar-refractivity contribution in [2.75, 3.05) is 18.0 Å². The van der Waals surface area contributed by atoms with Gasteiger partial charge in [-0.05, 0) is 43.5 Å². The second-order valence-electron chi connectivity index (χ2n) is 6.15. The third kappa shape index (κ3) is 3.87. The number of nitrogens with zero attached hydrogens (tertiary/aromatic N) is 3. The fraction of sp³-hybridized carbons (Fsp3) is 0.300. The number of rotatable bonds is 4. The molecule has 1 aliphatic rings. The molecule has 0 aliphatic carbocycles. The summed E-state index contributed by atoms with van der Waals surface area (Å²) < 4.78 is 1.73. The van der Waals surface area contributed by atoms with Crippen LogP contribution >= 0.6 is 11.3 Å². The monoisotopic (exact) mass is 381 g/mol. The van der Waals surface area contributed by atoms with E-state index in [1.54, 1.807) is 19.1 Å². The van der Waals surface area contributed by atoms with Gasteiger partial charge in [-0.2, -0.15) is 5.26 Å². The molecule has 7 heteroatoms. The van der Waals surface area contributed by atoms with Gasteiger partial charge >= 0.3 is 5.97 Å². The van der Waals surface area contributed by atoms with Gasteiger partial charge in [0.05, 0.1) is 0 Å². The molecular weight excluding hydrogens is 362 g/mol. The Kier molecular flexibility index (Phi) is 5.60. The minimum Gasteiger partial charge on any atom is -0.477 e. The van der Waals surface area contributed by atoms with E-state index in [9.17, 15) is 14.7 Å². The van der Waals surface area contributed by atoms with Gasteiger partial charge in [0.15, 0.2) is 5.57 Å². The third-order valence-electron chi connectivity index (χ3n) is 4.47. The summed E-state index contributed by atoms with van der Waals surface area (Å²) in [6.45, 7) is 4.18. The van der Waals surface area contributed by atoms with Crippen LogP contribution in [0.4, 0.5) is 5.69 Å². The lowest BCUT2D eigenvalue weighted by atomic mass is 10.2. The second-order valence-corrected chi connectivity index (χ2v) is 7.15. The average molecular weight is 381 g/mol. The zero-order valence-electron chi connectivity index (χ0n) is 14.9. The van der Waals surface area contributed by atoms with Crippen molar-refractivity contribution < 1.29 is 9.90 Å². The van der Waals surface area contributed by atoms with Crippen molar-refractivity contribution in [2.24, 2.45) is 0 Å². The quantitative estimate of drug-likeness (QED) is 0.865. The van der Waals surface area contributed by atoms with Gasteiger partial charge in [0.1, 0.15) is 15.3 Å². The molecule has 1 fully saturated rings. The first kappa shape index (κ1) is 18.7. The van der Waals surface area contributed by atoms with E-state index in [1.165, 1.54) is 23.1 Å². The maximum atomic E-state index is 12.5. The van der Waals surface area contributed by atoms with E-state index < -0.39 is 11.5 Å². The van der Waals surface area contributed by atoms with Crippen LogP contribution in [0, 0.1) is 11.3 Å².